The molecular formula is C10H13BrFNO2. The van der Waals surface area contributed by atoms with Gasteiger partial charge in [-0.1, -0.05) is 0 Å². The van der Waals surface area contributed by atoms with Gasteiger partial charge in [-0.25, -0.2) is 4.39 Å². The van der Waals surface area contributed by atoms with Gasteiger partial charge in [0.25, 0.3) is 0 Å². The number of benzene rings is 1. The second kappa shape index (κ2) is 3.98. The molecule has 0 fully saturated rings. The molecule has 4 N–H and O–H groups in total. The van der Waals surface area contributed by atoms with Crippen LogP contribution in [0, 0.1) is 5.82 Å². The van der Waals surface area contributed by atoms with Gasteiger partial charge in [-0.05, 0) is 42.3 Å². The minimum absolute atomic E-state index is 0.0400. The first-order chi connectivity index (χ1) is 6.72. The zero-order valence-electron chi connectivity index (χ0n) is 8.51. The largest absolute Gasteiger partial charge is 0.506 e. The number of aromatic hydroxyl groups is 2. The first kappa shape index (κ1) is 12.3. The molecule has 3 nitrogen and oxygen atoms in total. The van der Waals surface area contributed by atoms with Gasteiger partial charge >= 0.3 is 0 Å². The lowest BCUT2D eigenvalue weighted by molar-refractivity contribution is 0.405. The van der Waals surface area contributed by atoms with E-state index in [1.807, 2.05) is 0 Å². The third-order valence-electron chi connectivity index (χ3n) is 1.89. The SMILES string of the molecule is CC(C)(N)Cc1cc(F)c(O)c(Br)c1O. The summed E-state index contributed by atoms with van der Waals surface area (Å²) in [5, 5.41) is 18.8. The molecule has 0 bridgehead atoms. The molecular weight excluding hydrogens is 265 g/mol. The average Bonchev–Trinajstić information content (AvgIpc) is 2.08. The molecule has 1 aromatic rings. The van der Waals surface area contributed by atoms with Crippen molar-refractivity contribution in [3.8, 4) is 11.5 Å². The Hall–Kier alpha value is -0.810. The summed E-state index contributed by atoms with van der Waals surface area (Å²) in [6, 6.07) is 1.09. The minimum atomic E-state index is -0.779. The van der Waals surface area contributed by atoms with Crippen molar-refractivity contribution in [3.63, 3.8) is 0 Å². The van der Waals surface area contributed by atoms with Crippen LogP contribution < -0.4 is 5.73 Å². The number of nitrogens with two attached hydrogens (primary N) is 1. The van der Waals surface area contributed by atoms with E-state index in [9.17, 15) is 14.6 Å². The van der Waals surface area contributed by atoms with Gasteiger partial charge in [0.1, 0.15) is 10.2 Å². The van der Waals surface area contributed by atoms with E-state index >= 15 is 0 Å². The molecule has 0 amide bonds. The molecule has 0 saturated heterocycles. The predicted molar refractivity (Wildman–Crippen MR) is 59.4 cm³/mol. The molecule has 5 heteroatoms. The molecule has 1 rings (SSSR count). The molecule has 0 spiro atoms. The van der Waals surface area contributed by atoms with E-state index in [-0.39, 0.29) is 10.2 Å². The zero-order chi connectivity index (χ0) is 11.8. The summed E-state index contributed by atoms with van der Waals surface area (Å²) in [4.78, 5) is 0. The first-order valence-corrected chi connectivity index (χ1v) is 5.19. The summed E-state index contributed by atoms with van der Waals surface area (Å²) in [5.41, 5.74) is 5.57. The van der Waals surface area contributed by atoms with Crippen molar-refractivity contribution in [2.24, 2.45) is 5.73 Å². The van der Waals surface area contributed by atoms with Crippen LogP contribution in [0.4, 0.5) is 4.39 Å². The second-order valence-electron chi connectivity index (χ2n) is 4.19. The minimum Gasteiger partial charge on any atom is -0.506 e. The molecule has 84 valence electrons. The molecule has 0 radical (unpaired) electrons. The third-order valence-corrected chi connectivity index (χ3v) is 2.64. The van der Waals surface area contributed by atoms with E-state index in [1.54, 1.807) is 13.8 Å². The Balaban J connectivity index is 3.21. The summed E-state index contributed by atoms with van der Waals surface area (Å²) in [6.07, 6.45) is 0.314. The maximum atomic E-state index is 13.2. The lowest BCUT2D eigenvalue weighted by Gasteiger charge is -2.19. The smallest absolute Gasteiger partial charge is 0.169 e. The number of hydrogen-bond donors (Lipinski definition) is 3. The summed E-state index contributed by atoms with van der Waals surface area (Å²) in [5.74, 6) is -1.54. The van der Waals surface area contributed by atoms with Crippen LogP contribution in [0.1, 0.15) is 19.4 Å². The topological polar surface area (TPSA) is 66.5 Å². The highest BCUT2D eigenvalue weighted by molar-refractivity contribution is 9.10. The van der Waals surface area contributed by atoms with Crippen LogP contribution in [0.15, 0.2) is 10.5 Å². The Morgan fingerprint density at radius 1 is 1.40 bits per heavy atom. The van der Waals surface area contributed by atoms with Crippen LogP contribution >= 0.6 is 15.9 Å². The van der Waals surface area contributed by atoms with Crippen molar-refractivity contribution in [2.75, 3.05) is 0 Å². The van der Waals surface area contributed by atoms with E-state index in [0.29, 0.717) is 12.0 Å². The molecule has 0 aliphatic rings. The van der Waals surface area contributed by atoms with Crippen molar-refractivity contribution >= 4 is 15.9 Å². The second-order valence-corrected chi connectivity index (χ2v) is 4.99. The van der Waals surface area contributed by atoms with Crippen molar-refractivity contribution in [1.82, 2.24) is 0 Å². The fourth-order valence-corrected chi connectivity index (χ4v) is 1.72. The van der Waals surface area contributed by atoms with Gasteiger partial charge in [0.15, 0.2) is 11.6 Å². The van der Waals surface area contributed by atoms with Gasteiger partial charge in [0.05, 0.1) is 0 Å². The summed E-state index contributed by atoms with van der Waals surface area (Å²) >= 11 is 2.91. The van der Waals surface area contributed by atoms with Crippen LogP contribution in [-0.2, 0) is 6.42 Å². The highest BCUT2D eigenvalue weighted by Crippen LogP contribution is 2.38. The molecule has 0 heterocycles. The van der Waals surface area contributed by atoms with E-state index in [0.717, 1.165) is 6.07 Å². The highest BCUT2D eigenvalue weighted by Gasteiger charge is 2.20. The van der Waals surface area contributed by atoms with E-state index in [2.05, 4.69) is 15.9 Å². The normalized spacial score (nSPS) is 11.8. The van der Waals surface area contributed by atoms with Crippen molar-refractivity contribution in [2.45, 2.75) is 25.8 Å². The van der Waals surface area contributed by atoms with Crippen LogP contribution in [0.25, 0.3) is 0 Å². The van der Waals surface area contributed by atoms with E-state index in [1.165, 1.54) is 0 Å². The Morgan fingerprint density at radius 2 is 1.93 bits per heavy atom. The molecule has 0 atom stereocenters. The lowest BCUT2D eigenvalue weighted by Crippen LogP contribution is -2.34. The molecule has 15 heavy (non-hydrogen) atoms. The fraction of sp³-hybridized carbons (Fsp3) is 0.400. The van der Waals surface area contributed by atoms with Gasteiger partial charge in [-0.2, -0.15) is 0 Å². The number of phenolic OH excluding ortho intramolecular Hbond substituents is 2. The Bertz CT molecular complexity index is 388. The zero-order valence-corrected chi connectivity index (χ0v) is 10.1. The van der Waals surface area contributed by atoms with Crippen molar-refractivity contribution < 1.29 is 14.6 Å². The van der Waals surface area contributed by atoms with Gasteiger partial charge in [0.2, 0.25) is 0 Å². The number of rotatable bonds is 2. The predicted octanol–water partition coefficient (Wildman–Crippen LogP) is 2.28. The molecule has 0 unspecified atom stereocenters. The average molecular weight is 278 g/mol. The van der Waals surface area contributed by atoms with Crippen molar-refractivity contribution in [3.05, 3.63) is 21.9 Å². The highest BCUT2D eigenvalue weighted by atomic mass is 79.9. The number of phenols is 2. The van der Waals surface area contributed by atoms with Gasteiger partial charge < -0.3 is 15.9 Å². The van der Waals surface area contributed by atoms with Crippen LogP contribution in [0.5, 0.6) is 11.5 Å². The summed E-state index contributed by atoms with van der Waals surface area (Å²) in [6.45, 7) is 3.54. The number of halogens is 2. The molecule has 1 aromatic carbocycles. The molecule has 0 aliphatic carbocycles. The Morgan fingerprint density at radius 3 is 2.40 bits per heavy atom. The van der Waals surface area contributed by atoms with Crippen LogP contribution in [0.3, 0.4) is 0 Å². The van der Waals surface area contributed by atoms with Gasteiger partial charge in [-0.15, -0.1) is 0 Å². The van der Waals surface area contributed by atoms with Crippen molar-refractivity contribution in [1.29, 1.82) is 0 Å². The monoisotopic (exact) mass is 277 g/mol. The maximum Gasteiger partial charge on any atom is 0.169 e. The van der Waals surface area contributed by atoms with Gasteiger partial charge in [-0.3, -0.25) is 0 Å². The molecule has 0 saturated carbocycles. The Labute approximate surface area is 95.9 Å². The van der Waals surface area contributed by atoms with E-state index in [4.69, 9.17) is 5.73 Å². The Kier molecular flexibility index (Phi) is 3.25. The fourth-order valence-electron chi connectivity index (χ4n) is 1.27. The lowest BCUT2D eigenvalue weighted by atomic mass is 9.95. The standard InChI is InChI=1S/C10H13BrFNO2/c1-10(2,13)4-5-3-6(12)9(15)7(11)8(5)14/h3,14-15H,4,13H2,1-2H3. The van der Waals surface area contributed by atoms with E-state index < -0.39 is 17.1 Å². The molecule has 0 aliphatic heterocycles. The quantitative estimate of drug-likeness (QED) is 0.777. The summed E-state index contributed by atoms with van der Waals surface area (Å²) < 4.78 is 13.1. The number of hydrogen-bond acceptors (Lipinski definition) is 3. The van der Waals surface area contributed by atoms with Gasteiger partial charge in [0, 0.05) is 11.1 Å². The summed E-state index contributed by atoms with van der Waals surface area (Å²) in [7, 11) is 0. The van der Waals surface area contributed by atoms with Crippen LogP contribution in [0.2, 0.25) is 0 Å². The maximum absolute atomic E-state index is 13.2. The van der Waals surface area contributed by atoms with Crippen LogP contribution in [-0.4, -0.2) is 15.8 Å². The molecule has 0 aromatic heterocycles. The first-order valence-electron chi connectivity index (χ1n) is 4.40. The third kappa shape index (κ3) is 2.82.